The molecule has 0 aliphatic heterocycles. The van der Waals surface area contributed by atoms with Crippen LogP contribution in [0.5, 0.6) is 0 Å². The predicted molar refractivity (Wildman–Crippen MR) is 75.6 cm³/mol. The van der Waals surface area contributed by atoms with E-state index in [1.165, 1.54) is 5.56 Å². The maximum Gasteiger partial charge on any atom is 0.221 e. The molecule has 1 amide bonds. The largest absolute Gasteiger partial charge is 0.353 e. The zero-order valence-electron chi connectivity index (χ0n) is 11.8. The van der Waals surface area contributed by atoms with Crippen LogP contribution in [-0.4, -0.2) is 25.5 Å². The van der Waals surface area contributed by atoms with Gasteiger partial charge in [-0.2, -0.15) is 0 Å². The lowest BCUT2D eigenvalue weighted by atomic mass is 9.78. The average Bonchev–Trinajstić information content (AvgIpc) is 2.37. The van der Waals surface area contributed by atoms with Crippen molar-refractivity contribution in [2.24, 2.45) is 0 Å². The van der Waals surface area contributed by atoms with Gasteiger partial charge in [0.25, 0.3) is 0 Å². The third-order valence-electron chi connectivity index (χ3n) is 3.58. The number of hydrogen-bond acceptors (Lipinski definition) is 2. The summed E-state index contributed by atoms with van der Waals surface area (Å²) in [5, 5.41) is 6.06. The van der Waals surface area contributed by atoms with Gasteiger partial charge in [-0.1, -0.05) is 44.2 Å². The van der Waals surface area contributed by atoms with Crippen LogP contribution in [0.4, 0.5) is 0 Å². The Hall–Kier alpha value is -1.35. The molecule has 2 N–H and O–H groups in total. The van der Waals surface area contributed by atoms with Crippen LogP contribution >= 0.6 is 0 Å². The molecule has 0 aliphatic carbocycles. The molecule has 1 unspecified atom stereocenters. The van der Waals surface area contributed by atoms with Gasteiger partial charge in [-0.3, -0.25) is 4.79 Å². The number of carbonyl (C=O) groups is 1. The Morgan fingerprint density at radius 1 is 1.28 bits per heavy atom. The molecule has 1 atom stereocenters. The van der Waals surface area contributed by atoms with Gasteiger partial charge in [0.05, 0.1) is 0 Å². The van der Waals surface area contributed by atoms with E-state index in [2.05, 4.69) is 43.5 Å². The summed E-state index contributed by atoms with van der Waals surface area (Å²) < 4.78 is 0. The maximum atomic E-state index is 11.7. The van der Waals surface area contributed by atoms with Gasteiger partial charge >= 0.3 is 0 Å². The number of amides is 1. The molecule has 1 aromatic carbocycles. The van der Waals surface area contributed by atoms with Gasteiger partial charge in [-0.25, -0.2) is 0 Å². The molecule has 0 radical (unpaired) electrons. The molecule has 0 heterocycles. The van der Waals surface area contributed by atoms with Crippen molar-refractivity contribution in [1.29, 1.82) is 0 Å². The van der Waals surface area contributed by atoms with E-state index >= 15 is 0 Å². The topological polar surface area (TPSA) is 41.1 Å². The zero-order chi connectivity index (χ0) is 13.6. The van der Waals surface area contributed by atoms with E-state index in [1.54, 1.807) is 0 Å². The summed E-state index contributed by atoms with van der Waals surface area (Å²) in [5.41, 5.74) is 1.17. The van der Waals surface area contributed by atoms with Crippen LogP contribution < -0.4 is 10.6 Å². The normalized spacial score (nSPS) is 13.1. The fourth-order valence-corrected chi connectivity index (χ4v) is 1.85. The fraction of sp³-hybridized carbons (Fsp3) is 0.533. The lowest BCUT2D eigenvalue weighted by molar-refractivity contribution is -0.122. The van der Waals surface area contributed by atoms with Crippen molar-refractivity contribution in [1.82, 2.24) is 10.6 Å². The SMILES string of the molecule is CNCCC(=O)NC(C)C(C)(C)c1ccccc1. The molecule has 0 aromatic heterocycles. The van der Waals surface area contributed by atoms with E-state index in [9.17, 15) is 4.79 Å². The second-order valence-corrected chi connectivity index (χ2v) is 5.23. The van der Waals surface area contributed by atoms with E-state index in [4.69, 9.17) is 0 Å². The summed E-state index contributed by atoms with van der Waals surface area (Å²) >= 11 is 0. The molecular weight excluding hydrogens is 224 g/mol. The average molecular weight is 248 g/mol. The highest BCUT2D eigenvalue weighted by atomic mass is 16.1. The minimum atomic E-state index is -0.0729. The highest BCUT2D eigenvalue weighted by Gasteiger charge is 2.28. The summed E-state index contributed by atoms with van der Waals surface area (Å²) in [4.78, 5) is 11.7. The second kappa shape index (κ2) is 6.55. The van der Waals surface area contributed by atoms with Crippen molar-refractivity contribution in [2.75, 3.05) is 13.6 Å². The number of nitrogens with one attached hydrogen (secondary N) is 2. The number of rotatable bonds is 6. The third-order valence-corrected chi connectivity index (χ3v) is 3.58. The van der Waals surface area contributed by atoms with E-state index < -0.39 is 0 Å². The van der Waals surface area contributed by atoms with Gasteiger partial charge < -0.3 is 10.6 Å². The summed E-state index contributed by atoms with van der Waals surface area (Å²) in [6, 6.07) is 10.4. The van der Waals surface area contributed by atoms with Gasteiger partial charge in [0, 0.05) is 24.4 Å². The van der Waals surface area contributed by atoms with Crippen molar-refractivity contribution in [2.45, 2.75) is 38.6 Å². The Morgan fingerprint density at radius 2 is 1.89 bits per heavy atom. The van der Waals surface area contributed by atoms with Crippen LogP contribution in [0.3, 0.4) is 0 Å². The van der Waals surface area contributed by atoms with E-state index in [0.29, 0.717) is 13.0 Å². The van der Waals surface area contributed by atoms with Gasteiger partial charge in [-0.15, -0.1) is 0 Å². The molecule has 0 bridgehead atoms. The van der Waals surface area contributed by atoms with E-state index in [0.717, 1.165) is 0 Å². The predicted octanol–water partition coefficient (Wildman–Crippen LogP) is 2.08. The monoisotopic (exact) mass is 248 g/mol. The summed E-state index contributed by atoms with van der Waals surface area (Å²) in [6.45, 7) is 7.09. The molecule has 0 fully saturated rings. The zero-order valence-corrected chi connectivity index (χ0v) is 11.8. The molecule has 0 saturated heterocycles. The molecular formula is C15H24N2O. The van der Waals surface area contributed by atoms with Crippen molar-refractivity contribution in [3.63, 3.8) is 0 Å². The van der Waals surface area contributed by atoms with Gasteiger partial charge in [0.15, 0.2) is 0 Å². The molecule has 0 aliphatic rings. The van der Waals surface area contributed by atoms with Crippen LogP contribution in [-0.2, 0) is 10.2 Å². The number of carbonyl (C=O) groups excluding carboxylic acids is 1. The van der Waals surface area contributed by atoms with Crippen molar-refractivity contribution in [3.8, 4) is 0 Å². The first kappa shape index (κ1) is 14.7. The lowest BCUT2D eigenvalue weighted by Crippen LogP contribution is -2.45. The van der Waals surface area contributed by atoms with Crippen LogP contribution in [0.1, 0.15) is 32.8 Å². The number of benzene rings is 1. The van der Waals surface area contributed by atoms with Crippen LogP contribution in [0, 0.1) is 0 Å². The van der Waals surface area contributed by atoms with Crippen LogP contribution in [0.15, 0.2) is 30.3 Å². The standard InChI is InChI=1S/C15H24N2O/c1-12(17-14(18)10-11-16-4)15(2,3)13-8-6-5-7-9-13/h5-9,12,16H,10-11H2,1-4H3,(H,17,18). The first-order valence-electron chi connectivity index (χ1n) is 6.48. The van der Waals surface area contributed by atoms with Gasteiger partial charge in [-0.05, 0) is 19.5 Å². The maximum absolute atomic E-state index is 11.7. The Morgan fingerprint density at radius 3 is 2.44 bits per heavy atom. The smallest absolute Gasteiger partial charge is 0.221 e. The molecule has 18 heavy (non-hydrogen) atoms. The van der Waals surface area contributed by atoms with Crippen molar-refractivity contribution in [3.05, 3.63) is 35.9 Å². The highest BCUT2D eigenvalue weighted by Crippen LogP contribution is 2.26. The third kappa shape index (κ3) is 3.84. The summed E-state index contributed by atoms with van der Waals surface area (Å²) in [7, 11) is 1.85. The van der Waals surface area contributed by atoms with Crippen molar-refractivity contribution < 1.29 is 4.79 Å². The Bertz CT molecular complexity index is 373. The highest BCUT2D eigenvalue weighted by molar-refractivity contribution is 5.76. The van der Waals surface area contributed by atoms with Crippen LogP contribution in [0.25, 0.3) is 0 Å². The molecule has 1 rings (SSSR count). The minimum Gasteiger partial charge on any atom is -0.353 e. The molecule has 0 spiro atoms. The van der Waals surface area contributed by atoms with Gasteiger partial charge in [0.1, 0.15) is 0 Å². The minimum absolute atomic E-state index is 0.0729. The Kier molecular flexibility index (Phi) is 5.35. The van der Waals surface area contributed by atoms with E-state index in [1.807, 2.05) is 25.2 Å². The molecule has 0 saturated carbocycles. The Labute approximate surface area is 110 Å². The summed E-state index contributed by atoms with van der Waals surface area (Å²) in [5.74, 6) is 0.0980. The number of hydrogen-bond donors (Lipinski definition) is 2. The second-order valence-electron chi connectivity index (χ2n) is 5.23. The lowest BCUT2D eigenvalue weighted by Gasteiger charge is -2.33. The first-order valence-corrected chi connectivity index (χ1v) is 6.48. The molecule has 1 aromatic rings. The fourth-order valence-electron chi connectivity index (χ4n) is 1.85. The molecule has 100 valence electrons. The Balaban J connectivity index is 2.65. The summed E-state index contributed by atoms with van der Waals surface area (Å²) in [6.07, 6.45) is 0.520. The van der Waals surface area contributed by atoms with Crippen molar-refractivity contribution >= 4 is 5.91 Å². The van der Waals surface area contributed by atoms with Crippen LogP contribution in [0.2, 0.25) is 0 Å². The quantitative estimate of drug-likeness (QED) is 0.809. The molecule has 3 heteroatoms. The molecule has 3 nitrogen and oxygen atoms in total. The van der Waals surface area contributed by atoms with Gasteiger partial charge in [0.2, 0.25) is 5.91 Å². The first-order chi connectivity index (χ1) is 8.48. The van der Waals surface area contributed by atoms with E-state index in [-0.39, 0.29) is 17.4 Å².